The second kappa shape index (κ2) is 5.54. The maximum Gasteiger partial charge on any atom is 0.146 e. The number of nitrogens with one attached hydrogen (secondary N) is 1. The largest absolute Gasteiger partial charge is 0.497 e. The average Bonchev–Trinajstić information content (AvgIpc) is 2.39. The van der Waals surface area contributed by atoms with E-state index in [0.29, 0.717) is 12.2 Å². The number of methoxy groups -OCH3 is 1. The van der Waals surface area contributed by atoms with Crippen molar-refractivity contribution in [3.05, 3.63) is 59.4 Å². The lowest BCUT2D eigenvalue weighted by Crippen LogP contribution is -2.03. The molecule has 2 aromatic carbocycles. The fourth-order valence-electron chi connectivity index (χ4n) is 1.79. The van der Waals surface area contributed by atoms with Crippen molar-refractivity contribution in [1.29, 1.82) is 0 Å². The van der Waals surface area contributed by atoms with Gasteiger partial charge in [0.15, 0.2) is 0 Å². The van der Waals surface area contributed by atoms with E-state index in [1.165, 1.54) is 6.07 Å². The van der Waals surface area contributed by atoms with Gasteiger partial charge in [-0.15, -0.1) is 0 Å². The van der Waals surface area contributed by atoms with Gasteiger partial charge in [-0.05, 0) is 36.2 Å². The molecule has 0 bridgehead atoms. The third-order valence-corrected chi connectivity index (χ3v) is 2.85. The first kappa shape index (κ1) is 12.4. The number of ether oxygens (including phenoxy) is 1. The average molecular weight is 245 g/mol. The van der Waals surface area contributed by atoms with E-state index in [-0.39, 0.29) is 5.82 Å². The molecule has 0 spiro atoms. The molecule has 0 aliphatic rings. The van der Waals surface area contributed by atoms with Gasteiger partial charge in [0.25, 0.3) is 0 Å². The van der Waals surface area contributed by atoms with Crippen molar-refractivity contribution < 1.29 is 9.13 Å². The Morgan fingerprint density at radius 1 is 1.11 bits per heavy atom. The van der Waals surface area contributed by atoms with Gasteiger partial charge in [-0.1, -0.05) is 24.3 Å². The summed E-state index contributed by atoms with van der Waals surface area (Å²) in [7, 11) is 1.63. The van der Waals surface area contributed by atoms with Crippen LogP contribution in [0.3, 0.4) is 0 Å². The van der Waals surface area contributed by atoms with Gasteiger partial charge in [-0.3, -0.25) is 0 Å². The van der Waals surface area contributed by atoms with Gasteiger partial charge in [0, 0.05) is 6.54 Å². The molecule has 0 saturated carbocycles. The number of hydrogen-bond donors (Lipinski definition) is 1. The van der Waals surface area contributed by atoms with Crippen molar-refractivity contribution >= 4 is 5.69 Å². The highest BCUT2D eigenvalue weighted by molar-refractivity contribution is 5.52. The van der Waals surface area contributed by atoms with Crippen molar-refractivity contribution in [3.63, 3.8) is 0 Å². The van der Waals surface area contributed by atoms with Crippen LogP contribution in [0.1, 0.15) is 11.1 Å². The van der Waals surface area contributed by atoms with Crippen LogP contribution >= 0.6 is 0 Å². The first-order valence-electron chi connectivity index (χ1n) is 5.82. The lowest BCUT2D eigenvalue weighted by molar-refractivity contribution is 0.414. The lowest BCUT2D eigenvalue weighted by Gasteiger charge is -2.10. The van der Waals surface area contributed by atoms with E-state index >= 15 is 0 Å². The van der Waals surface area contributed by atoms with E-state index in [1.807, 2.05) is 37.3 Å². The van der Waals surface area contributed by atoms with Crippen LogP contribution in [0.2, 0.25) is 0 Å². The Hall–Kier alpha value is -2.03. The number of rotatable bonds is 4. The fraction of sp³-hybridized carbons (Fsp3) is 0.200. The number of aryl methyl sites for hydroxylation is 1. The summed E-state index contributed by atoms with van der Waals surface area (Å²) in [5.41, 5.74) is 2.55. The Bertz CT molecular complexity index is 502. The molecule has 2 aromatic rings. The molecule has 3 heteroatoms. The van der Waals surface area contributed by atoms with Crippen molar-refractivity contribution in [2.45, 2.75) is 13.5 Å². The van der Waals surface area contributed by atoms with Gasteiger partial charge < -0.3 is 10.1 Å². The van der Waals surface area contributed by atoms with Gasteiger partial charge in [0.1, 0.15) is 11.6 Å². The first-order chi connectivity index (χ1) is 8.70. The normalized spacial score (nSPS) is 10.2. The maximum atomic E-state index is 13.6. The molecular weight excluding hydrogens is 229 g/mol. The third kappa shape index (κ3) is 2.80. The predicted octanol–water partition coefficient (Wildman–Crippen LogP) is 3.75. The SMILES string of the molecule is COc1ccc(CNc2c(C)cccc2F)cc1. The van der Waals surface area contributed by atoms with Crippen LogP contribution in [-0.2, 0) is 6.54 Å². The molecule has 0 unspecified atom stereocenters. The first-order valence-corrected chi connectivity index (χ1v) is 5.82. The van der Waals surface area contributed by atoms with Gasteiger partial charge in [0.2, 0.25) is 0 Å². The molecule has 0 amide bonds. The molecule has 0 fully saturated rings. The Labute approximate surface area is 106 Å². The fourth-order valence-corrected chi connectivity index (χ4v) is 1.79. The number of halogens is 1. The van der Waals surface area contributed by atoms with E-state index in [9.17, 15) is 4.39 Å². The summed E-state index contributed by atoms with van der Waals surface area (Å²) in [5.74, 6) is 0.601. The second-order valence-electron chi connectivity index (χ2n) is 4.13. The summed E-state index contributed by atoms with van der Waals surface area (Å²) >= 11 is 0. The standard InChI is InChI=1S/C15H16FNO/c1-11-4-3-5-14(16)15(11)17-10-12-6-8-13(18-2)9-7-12/h3-9,17H,10H2,1-2H3. The summed E-state index contributed by atoms with van der Waals surface area (Å²) in [4.78, 5) is 0. The van der Waals surface area contributed by atoms with E-state index in [0.717, 1.165) is 16.9 Å². The number of anilines is 1. The molecule has 0 heterocycles. The summed E-state index contributed by atoms with van der Waals surface area (Å²) in [6.07, 6.45) is 0. The summed E-state index contributed by atoms with van der Waals surface area (Å²) < 4.78 is 18.7. The molecule has 0 saturated heterocycles. The molecule has 94 valence electrons. The van der Waals surface area contributed by atoms with Crippen LogP contribution in [0.5, 0.6) is 5.75 Å². The third-order valence-electron chi connectivity index (χ3n) is 2.85. The van der Waals surface area contributed by atoms with E-state index in [4.69, 9.17) is 4.74 Å². The maximum absolute atomic E-state index is 13.6. The van der Waals surface area contributed by atoms with Crippen LogP contribution < -0.4 is 10.1 Å². The topological polar surface area (TPSA) is 21.3 Å². The lowest BCUT2D eigenvalue weighted by atomic mass is 10.1. The minimum atomic E-state index is -0.219. The van der Waals surface area contributed by atoms with E-state index in [1.54, 1.807) is 13.2 Å². The molecule has 18 heavy (non-hydrogen) atoms. The minimum absolute atomic E-state index is 0.219. The number of hydrogen-bond acceptors (Lipinski definition) is 2. The molecule has 1 N–H and O–H groups in total. The van der Waals surface area contributed by atoms with E-state index < -0.39 is 0 Å². The smallest absolute Gasteiger partial charge is 0.146 e. The number of benzene rings is 2. The predicted molar refractivity (Wildman–Crippen MR) is 71.5 cm³/mol. The summed E-state index contributed by atoms with van der Waals surface area (Å²) in [6.45, 7) is 2.48. The van der Waals surface area contributed by atoms with Gasteiger partial charge in [0.05, 0.1) is 12.8 Å². The highest BCUT2D eigenvalue weighted by Gasteiger charge is 2.04. The van der Waals surface area contributed by atoms with Crippen LogP contribution in [0.15, 0.2) is 42.5 Å². The molecular formula is C15H16FNO. The second-order valence-corrected chi connectivity index (χ2v) is 4.13. The molecule has 2 rings (SSSR count). The van der Waals surface area contributed by atoms with Gasteiger partial charge in [-0.2, -0.15) is 0 Å². The van der Waals surface area contributed by atoms with Crippen molar-refractivity contribution in [3.8, 4) is 5.75 Å². The quantitative estimate of drug-likeness (QED) is 0.885. The monoisotopic (exact) mass is 245 g/mol. The van der Waals surface area contributed by atoms with Gasteiger partial charge in [-0.25, -0.2) is 4.39 Å². The number of para-hydroxylation sites is 1. The molecule has 0 aliphatic carbocycles. The summed E-state index contributed by atoms with van der Waals surface area (Å²) in [6, 6.07) is 12.8. The van der Waals surface area contributed by atoms with Crippen LogP contribution in [-0.4, -0.2) is 7.11 Å². The Balaban J connectivity index is 2.06. The molecule has 2 nitrogen and oxygen atoms in total. The zero-order chi connectivity index (χ0) is 13.0. The summed E-state index contributed by atoms with van der Waals surface area (Å²) in [5, 5.41) is 3.12. The minimum Gasteiger partial charge on any atom is -0.497 e. The van der Waals surface area contributed by atoms with Crippen molar-refractivity contribution in [2.24, 2.45) is 0 Å². The molecule has 0 aromatic heterocycles. The van der Waals surface area contributed by atoms with Gasteiger partial charge >= 0.3 is 0 Å². The molecule has 0 aliphatic heterocycles. The van der Waals surface area contributed by atoms with Crippen LogP contribution in [0, 0.1) is 12.7 Å². The van der Waals surface area contributed by atoms with Crippen LogP contribution in [0.25, 0.3) is 0 Å². The Kier molecular flexibility index (Phi) is 3.82. The zero-order valence-corrected chi connectivity index (χ0v) is 10.5. The highest BCUT2D eigenvalue weighted by Crippen LogP contribution is 2.20. The zero-order valence-electron chi connectivity index (χ0n) is 10.5. The highest BCUT2D eigenvalue weighted by atomic mass is 19.1. The molecule has 0 radical (unpaired) electrons. The molecule has 0 atom stereocenters. The Morgan fingerprint density at radius 3 is 2.44 bits per heavy atom. The van der Waals surface area contributed by atoms with Crippen LogP contribution in [0.4, 0.5) is 10.1 Å². The van der Waals surface area contributed by atoms with E-state index in [2.05, 4.69) is 5.32 Å². The van der Waals surface area contributed by atoms with Crippen molar-refractivity contribution in [1.82, 2.24) is 0 Å². The Morgan fingerprint density at radius 2 is 1.83 bits per heavy atom. The van der Waals surface area contributed by atoms with Crippen molar-refractivity contribution in [2.75, 3.05) is 12.4 Å².